The molecule has 2 rings (SSSR count). The molecule has 0 aromatic carbocycles. The molecule has 1 saturated heterocycles. The molecule has 1 aliphatic heterocycles. The fraction of sp³-hybridized carbons (Fsp3) is 0.700. The molecule has 0 spiro atoms. The number of aliphatic hydroxyl groups is 1. The van der Waals surface area contributed by atoms with E-state index in [1.54, 1.807) is 0 Å². The number of hydrogen-bond donors (Lipinski definition) is 2. The Morgan fingerprint density at radius 1 is 1.41 bits per heavy atom. The van der Waals surface area contributed by atoms with Gasteiger partial charge >= 0.3 is 6.18 Å². The Labute approximate surface area is 96.4 Å². The van der Waals surface area contributed by atoms with E-state index in [2.05, 4.69) is 10.4 Å². The summed E-state index contributed by atoms with van der Waals surface area (Å²) in [6.45, 7) is 0.742. The molecule has 0 bridgehead atoms. The van der Waals surface area contributed by atoms with Crippen LogP contribution in [0.5, 0.6) is 0 Å². The zero-order valence-corrected chi connectivity index (χ0v) is 9.17. The molecular weight excluding hydrogens is 235 g/mol. The number of rotatable bonds is 2. The number of piperidine rings is 1. The van der Waals surface area contributed by atoms with Gasteiger partial charge in [-0.05, 0) is 25.9 Å². The van der Waals surface area contributed by atoms with Gasteiger partial charge in [0.25, 0.3) is 0 Å². The third kappa shape index (κ3) is 2.44. The molecule has 7 heteroatoms. The van der Waals surface area contributed by atoms with Crippen molar-refractivity contribution in [1.29, 1.82) is 0 Å². The van der Waals surface area contributed by atoms with E-state index in [1.165, 1.54) is 0 Å². The third-order valence-corrected chi connectivity index (χ3v) is 2.96. The van der Waals surface area contributed by atoms with E-state index in [9.17, 15) is 13.2 Å². The monoisotopic (exact) mass is 249 g/mol. The molecule has 0 amide bonds. The summed E-state index contributed by atoms with van der Waals surface area (Å²) in [6.07, 6.45) is -2.13. The number of hydrogen-bond acceptors (Lipinski definition) is 3. The molecule has 0 unspecified atom stereocenters. The Balaban J connectivity index is 2.36. The molecule has 0 radical (unpaired) electrons. The fourth-order valence-electron chi connectivity index (χ4n) is 2.15. The highest BCUT2D eigenvalue weighted by atomic mass is 19.4. The summed E-state index contributed by atoms with van der Waals surface area (Å²) in [4.78, 5) is 0. The van der Waals surface area contributed by atoms with Gasteiger partial charge in [-0.2, -0.15) is 18.3 Å². The number of alkyl halides is 3. The SMILES string of the molecule is OCc1cnn(C2CCNCC2)c1C(F)(F)F. The Morgan fingerprint density at radius 2 is 2.06 bits per heavy atom. The van der Waals surface area contributed by atoms with Crippen LogP contribution in [0.3, 0.4) is 0 Å². The van der Waals surface area contributed by atoms with Crippen molar-refractivity contribution < 1.29 is 18.3 Å². The first-order valence-electron chi connectivity index (χ1n) is 5.49. The molecule has 1 fully saturated rings. The maximum absolute atomic E-state index is 12.9. The Kier molecular flexibility index (Phi) is 3.39. The predicted octanol–water partition coefficient (Wildman–Crippen LogP) is 1.32. The van der Waals surface area contributed by atoms with E-state index in [-0.39, 0.29) is 11.6 Å². The zero-order chi connectivity index (χ0) is 12.5. The minimum absolute atomic E-state index is 0.156. The minimum atomic E-state index is -4.47. The molecule has 1 aliphatic rings. The lowest BCUT2D eigenvalue weighted by Gasteiger charge is -2.25. The van der Waals surface area contributed by atoms with E-state index < -0.39 is 18.5 Å². The third-order valence-electron chi connectivity index (χ3n) is 2.96. The van der Waals surface area contributed by atoms with Crippen LogP contribution in [-0.2, 0) is 12.8 Å². The summed E-state index contributed by atoms with van der Waals surface area (Å²) in [5.41, 5.74) is -0.970. The van der Waals surface area contributed by atoms with Crippen molar-refractivity contribution in [2.45, 2.75) is 31.7 Å². The predicted molar refractivity (Wildman–Crippen MR) is 54.3 cm³/mol. The van der Waals surface area contributed by atoms with Crippen LogP contribution in [0.1, 0.15) is 30.1 Å². The van der Waals surface area contributed by atoms with Gasteiger partial charge in [0.05, 0.1) is 18.8 Å². The second-order valence-corrected chi connectivity index (χ2v) is 4.10. The van der Waals surface area contributed by atoms with Crippen molar-refractivity contribution >= 4 is 0 Å². The van der Waals surface area contributed by atoms with Crippen molar-refractivity contribution in [3.05, 3.63) is 17.5 Å². The number of nitrogens with zero attached hydrogens (tertiary/aromatic N) is 2. The van der Waals surface area contributed by atoms with Gasteiger partial charge in [-0.15, -0.1) is 0 Å². The fourth-order valence-corrected chi connectivity index (χ4v) is 2.15. The lowest BCUT2D eigenvalue weighted by molar-refractivity contribution is -0.146. The Morgan fingerprint density at radius 3 is 2.59 bits per heavy atom. The highest BCUT2D eigenvalue weighted by Gasteiger charge is 2.39. The van der Waals surface area contributed by atoms with Crippen LogP contribution in [0.2, 0.25) is 0 Å². The highest BCUT2D eigenvalue weighted by Crippen LogP contribution is 2.35. The summed E-state index contributed by atoms with van der Waals surface area (Å²) in [5, 5.41) is 15.8. The van der Waals surface area contributed by atoms with E-state index in [0.29, 0.717) is 25.9 Å². The minimum Gasteiger partial charge on any atom is -0.392 e. The quantitative estimate of drug-likeness (QED) is 0.831. The number of halogens is 3. The number of nitrogens with one attached hydrogen (secondary N) is 1. The molecule has 96 valence electrons. The van der Waals surface area contributed by atoms with Gasteiger partial charge in [0.2, 0.25) is 0 Å². The van der Waals surface area contributed by atoms with Gasteiger partial charge in [-0.25, -0.2) is 0 Å². The molecule has 0 aliphatic carbocycles. The van der Waals surface area contributed by atoms with Crippen LogP contribution in [0.15, 0.2) is 6.20 Å². The van der Waals surface area contributed by atoms with Crippen molar-refractivity contribution in [2.24, 2.45) is 0 Å². The lowest BCUT2D eigenvalue weighted by Crippen LogP contribution is -2.32. The maximum atomic E-state index is 12.9. The molecule has 0 saturated carbocycles. The van der Waals surface area contributed by atoms with Crippen molar-refractivity contribution in [1.82, 2.24) is 15.1 Å². The summed E-state index contributed by atoms with van der Waals surface area (Å²) < 4.78 is 39.7. The second kappa shape index (κ2) is 4.66. The van der Waals surface area contributed by atoms with E-state index in [1.807, 2.05) is 0 Å². The van der Waals surface area contributed by atoms with Crippen LogP contribution in [0.4, 0.5) is 13.2 Å². The first-order valence-corrected chi connectivity index (χ1v) is 5.49. The highest BCUT2D eigenvalue weighted by molar-refractivity contribution is 5.20. The van der Waals surface area contributed by atoms with Gasteiger partial charge in [0.15, 0.2) is 0 Å². The second-order valence-electron chi connectivity index (χ2n) is 4.10. The largest absolute Gasteiger partial charge is 0.433 e. The Bertz CT molecular complexity index is 383. The average Bonchev–Trinajstić information content (AvgIpc) is 2.73. The lowest BCUT2D eigenvalue weighted by atomic mass is 10.1. The van der Waals surface area contributed by atoms with Crippen molar-refractivity contribution in [3.63, 3.8) is 0 Å². The van der Waals surface area contributed by atoms with Crippen LogP contribution in [0, 0.1) is 0 Å². The number of aliphatic hydroxyl groups excluding tert-OH is 1. The average molecular weight is 249 g/mol. The van der Waals surface area contributed by atoms with Gasteiger partial charge in [-0.3, -0.25) is 4.68 Å². The van der Waals surface area contributed by atoms with Crippen molar-refractivity contribution in [3.8, 4) is 0 Å². The van der Waals surface area contributed by atoms with Gasteiger partial charge in [-0.1, -0.05) is 0 Å². The molecular formula is C10H14F3N3O. The van der Waals surface area contributed by atoms with Gasteiger partial charge in [0.1, 0.15) is 5.69 Å². The summed E-state index contributed by atoms with van der Waals surface area (Å²) in [5.74, 6) is 0. The van der Waals surface area contributed by atoms with E-state index in [4.69, 9.17) is 5.11 Å². The number of aromatic nitrogens is 2. The topological polar surface area (TPSA) is 50.1 Å². The van der Waals surface area contributed by atoms with Crippen LogP contribution >= 0.6 is 0 Å². The molecule has 4 nitrogen and oxygen atoms in total. The first kappa shape index (κ1) is 12.4. The standard InChI is InChI=1S/C10H14F3N3O/c11-10(12,13)9-7(6-17)5-15-16(9)8-1-3-14-4-2-8/h5,8,14,17H,1-4,6H2. The molecule has 1 aromatic rings. The normalized spacial score (nSPS) is 18.6. The molecule has 17 heavy (non-hydrogen) atoms. The summed E-state index contributed by atoms with van der Waals surface area (Å²) in [6, 6.07) is -0.242. The van der Waals surface area contributed by atoms with E-state index >= 15 is 0 Å². The smallest absolute Gasteiger partial charge is 0.392 e. The van der Waals surface area contributed by atoms with Crippen molar-refractivity contribution in [2.75, 3.05) is 13.1 Å². The van der Waals surface area contributed by atoms with Crippen LogP contribution in [0.25, 0.3) is 0 Å². The molecule has 2 N–H and O–H groups in total. The van der Waals surface area contributed by atoms with Gasteiger partial charge < -0.3 is 10.4 Å². The molecule has 1 aromatic heterocycles. The Hall–Kier alpha value is -1.08. The zero-order valence-electron chi connectivity index (χ0n) is 9.17. The maximum Gasteiger partial charge on any atom is 0.433 e. The van der Waals surface area contributed by atoms with E-state index in [0.717, 1.165) is 10.9 Å². The van der Waals surface area contributed by atoms with Crippen LogP contribution in [-0.4, -0.2) is 28.0 Å². The summed E-state index contributed by atoms with van der Waals surface area (Å²) in [7, 11) is 0. The van der Waals surface area contributed by atoms with Crippen LogP contribution < -0.4 is 5.32 Å². The first-order chi connectivity index (χ1) is 8.04. The molecule has 2 heterocycles. The van der Waals surface area contributed by atoms with Gasteiger partial charge in [0, 0.05) is 5.56 Å². The summed E-state index contributed by atoms with van der Waals surface area (Å²) >= 11 is 0. The molecule has 0 atom stereocenters.